The zero-order chi connectivity index (χ0) is 4.41. The van der Waals surface area contributed by atoms with Crippen molar-refractivity contribution in [2.45, 2.75) is 19.2 Å². The number of nitrogens with one attached hydrogen (secondary N) is 1. The Hall–Kier alpha value is 0.0249. The fourth-order valence-electron chi connectivity index (χ4n) is 1.07. The second-order valence-electron chi connectivity index (χ2n) is 2.57. The molecule has 0 aromatic heterocycles. The van der Waals surface area contributed by atoms with Crippen LogP contribution in [-0.2, 0) is 0 Å². The molecular weight excluding hydrogens is 72.9 g/mol. The van der Waals surface area contributed by atoms with Crippen LogP contribution in [0.1, 0.15) is 13.3 Å². The number of rotatable bonds is 0. The highest BCUT2D eigenvalue weighted by molar-refractivity contribution is 6.35. The summed E-state index contributed by atoms with van der Waals surface area (Å²) in [5, 5.41) is 3.40. The highest BCUT2D eigenvalue weighted by atomic mass is 14.8. The van der Waals surface area contributed by atoms with Gasteiger partial charge >= 0.3 is 0 Å². The van der Waals surface area contributed by atoms with Gasteiger partial charge in [-0.25, -0.2) is 0 Å². The van der Waals surface area contributed by atoms with Crippen LogP contribution < -0.4 is 5.23 Å². The molecule has 2 heteroatoms. The van der Waals surface area contributed by atoms with Gasteiger partial charge in [0.25, 0.3) is 0 Å². The molecule has 0 bridgehead atoms. The number of hydrogen-bond donors (Lipinski definition) is 1. The molecule has 0 radical (unpaired) electrons. The van der Waals surface area contributed by atoms with E-state index in [0.717, 1.165) is 5.82 Å². The van der Waals surface area contributed by atoms with Crippen molar-refractivity contribution in [3.05, 3.63) is 0 Å². The summed E-state index contributed by atoms with van der Waals surface area (Å²) in [5.74, 6) is 1.06. The molecule has 0 aromatic carbocycles. The van der Waals surface area contributed by atoms with E-state index < -0.39 is 0 Å². The third-order valence-corrected chi connectivity index (χ3v) is 1.67. The van der Waals surface area contributed by atoms with Gasteiger partial charge in [0.15, 0.2) is 0 Å². The standard InChI is InChI=1S/C4H11BN/c1-4-2-3-6-5-4/h4,6H,2-3,5H2,1H3/q-1/t4-/m0/s1. The van der Waals surface area contributed by atoms with E-state index in [1.54, 1.807) is 0 Å². The lowest BCUT2D eigenvalue weighted by Crippen LogP contribution is -2.09. The highest BCUT2D eigenvalue weighted by Gasteiger charge is 1.99. The first kappa shape index (κ1) is 4.19. The van der Waals surface area contributed by atoms with E-state index in [9.17, 15) is 0 Å². The Kier molecular flexibility index (Phi) is 1.15. The van der Waals surface area contributed by atoms with Gasteiger partial charge in [0.1, 0.15) is 0 Å². The molecule has 0 saturated carbocycles. The number of hydrogen-bond acceptors (Lipinski definition) is 1. The van der Waals surface area contributed by atoms with Crippen molar-refractivity contribution in [2.24, 2.45) is 0 Å². The maximum absolute atomic E-state index is 3.40. The van der Waals surface area contributed by atoms with E-state index in [4.69, 9.17) is 0 Å². The molecule has 1 atom stereocenters. The van der Waals surface area contributed by atoms with Gasteiger partial charge in [-0.1, -0.05) is 13.3 Å². The van der Waals surface area contributed by atoms with Crippen LogP contribution >= 0.6 is 0 Å². The minimum atomic E-state index is 0.319. The minimum Gasteiger partial charge on any atom is -0.494 e. The second kappa shape index (κ2) is 1.65. The maximum atomic E-state index is 3.40. The van der Waals surface area contributed by atoms with Gasteiger partial charge in [-0.2, -0.15) is 5.82 Å². The molecule has 6 heavy (non-hydrogen) atoms. The normalized spacial score (nSPS) is 34.5. The molecule has 0 unspecified atom stereocenters. The van der Waals surface area contributed by atoms with Crippen LogP contribution in [-0.4, -0.2) is 14.0 Å². The van der Waals surface area contributed by atoms with E-state index in [1.807, 2.05) is 0 Å². The minimum absolute atomic E-state index is 0.319. The average molecular weight is 84.0 g/mol. The van der Waals surface area contributed by atoms with Crippen LogP contribution in [0.15, 0.2) is 0 Å². The van der Waals surface area contributed by atoms with Crippen LogP contribution in [0, 0.1) is 0 Å². The third-order valence-electron chi connectivity index (χ3n) is 1.67. The van der Waals surface area contributed by atoms with E-state index in [-0.39, 0.29) is 0 Å². The summed E-state index contributed by atoms with van der Waals surface area (Å²) in [7, 11) is 0.319. The maximum Gasteiger partial charge on any atom is 0.0307 e. The van der Waals surface area contributed by atoms with Crippen LogP contribution in [0.5, 0.6) is 0 Å². The second-order valence-corrected chi connectivity index (χ2v) is 2.57. The molecule has 1 N–H and O–H groups in total. The summed E-state index contributed by atoms with van der Waals surface area (Å²) in [6, 6.07) is 0. The lowest BCUT2D eigenvalue weighted by Gasteiger charge is -1.97. The van der Waals surface area contributed by atoms with E-state index in [2.05, 4.69) is 12.2 Å². The first-order chi connectivity index (χ1) is 2.89. The summed E-state index contributed by atoms with van der Waals surface area (Å²) < 4.78 is 0. The fraction of sp³-hybridized carbons (Fsp3) is 1.00. The molecule has 1 saturated heterocycles. The lowest BCUT2D eigenvalue weighted by atomic mass is 9.80. The first-order valence-corrected chi connectivity index (χ1v) is 2.92. The monoisotopic (exact) mass is 84.1 g/mol. The van der Waals surface area contributed by atoms with Gasteiger partial charge in [-0.3, -0.25) is 0 Å². The molecule has 0 spiro atoms. The average Bonchev–Trinajstić information content (AvgIpc) is 1.86. The van der Waals surface area contributed by atoms with Gasteiger partial charge < -0.3 is 5.23 Å². The summed E-state index contributed by atoms with van der Waals surface area (Å²) >= 11 is 0. The molecule has 0 aromatic rings. The van der Waals surface area contributed by atoms with Crippen molar-refractivity contribution in [1.29, 1.82) is 0 Å². The smallest absolute Gasteiger partial charge is 0.0307 e. The summed E-state index contributed by atoms with van der Waals surface area (Å²) in [5.41, 5.74) is 0. The first-order valence-electron chi connectivity index (χ1n) is 2.92. The Balaban J connectivity index is 2.18. The molecule has 1 aliphatic heterocycles. The molecule has 0 aliphatic carbocycles. The van der Waals surface area contributed by atoms with Crippen molar-refractivity contribution < 1.29 is 0 Å². The van der Waals surface area contributed by atoms with Gasteiger partial charge in [0.2, 0.25) is 0 Å². The van der Waals surface area contributed by atoms with Crippen molar-refractivity contribution in [1.82, 2.24) is 5.23 Å². The van der Waals surface area contributed by atoms with Gasteiger partial charge in [0.05, 0.1) is 0 Å². The van der Waals surface area contributed by atoms with Crippen molar-refractivity contribution in [2.75, 3.05) is 6.54 Å². The van der Waals surface area contributed by atoms with E-state index >= 15 is 0 Å². The third kappa shape index (κ3) is 0.746. The fourth-order valence-corrected chi connectivity index (χ4v) is 1.07. The molecule has 1 aliphatic rings. The zero-order valence-electron chi connectivity index (χ0n) is 4.49. The molecule has 1 fully saturated rings. The Labute approximate surface area is 39.4 Å². The molecule has 1 rings (SSSR count). The predicted molar refractivity (Wildman–Crippen MR) is 30.6 cm³/mol. The largest absolute Gasteiger partial charge is 0.494 e. The van der Waals surface area contributed by atoms with Crippen LogP contribution in [0.4, 0.5) is 0 Å². The van der Waals surface area contributed by atoms with Crippen molar-refractivity contribution in [3.8, 4) is 0 Å². The molecule has 1 nitrogen and oxygen atoms in total. The van der Waals surface area contributed by atoms with Gasteiger partial charge in [-0.15, -0.1) is 0 Å². The van der Waals surface area contributed by atoms with E-state index in [0.29, 0.717) is 7.41 Å². The molecule has 1 heterocycles. The highest BCUT2D eigenvalue weighted by Crippen LogP contribution is 2.08. The topological polar surface area (TPSA) is 12.0 Å². The summed E-state index contributed by atoms with van der Waals surface area (Å²) in [6.07, 6.45) is 1.43. The Bertz CT molecular complexity index is 40.8. The van der Waals surface area contributed by atoms with Crippen molar-refractivity contribution >= 4 is 7.41 Å². The van der Waals surface area contributed by atoms with Crippen LogP contribution in [0.3, 0.4) is 0 Å². The quantitative estimate of drug-likeness (QED) is 0.403. The van der Waals surface area contributed by atoms with Crippen LogP contribution in [0.2, 0.25) is 5.82 Å². The molecule has 0 amide bonds. The van der Waals surface area contributed by atoms with Gasteiger partial charge in [-0.05, 0) is 6.54 Å². The molecule has 36 valence electrons. The van der Waals surface area contributed by atoms with E-state index in [1.165, 1.54) is 13.0 Å². The summed E-state index contributed by atoms with van der Waals surface area (Å²) in [6.45, 7) is 3.63. The van der Waals surface area contributed by atoms with Crippen molar-refractivity contribution in [3.63, 3.8) is 0 Å². The lowest BCUT2D eigenvalue weighted by molar-refractivity contribution is 0.839. The molecular formula is C4H11BN-. The van der Waals surface area contributed by atoms with Gasteiger partial charge in [0, 0.05) is 7.41 Å². The SMILES string of the molecule is C[C@@H]1[BH2-]NCC1. The Morgan fingerprint density at radius 3 is 2.83 bits per heavy atom. The summed E-state index contributed by atoms with van der Waals surface area (Å²) in [4.78, 5) is 0. The van der Waals surface area contributed by atoms with Crippen LogP contribution in [0.25, 0.3) is 0 Å². The zero-order valence-corrected chi connectivity index (χ0v) is 4.49. The predicted octanol–water partition coefficient (Wildman–Crippen LogP) is -0.128. The Morgan fingerprint density at radius 2 is 2.67 bits per heavy atom. The Morgan fingerprint density at radius 1 is 1.83 bits per heavy atom.